The largest absolute Gasteiger partial charge is 0.465 e. The Morgan fingerprint density at radius 3 is 2.62 bits per heavy atom. The number of amides is 1. The summed E-state index contributed by atoms with van der Waals surface area (Å²) in [6.45, 7) is 1.74. The number of allylic oxidation sites excluding steroid dienone is 1. The van der Waals surface area contributed by atoms with Gasteiger partial charge in [0.2, 0.25) is 5.91 Å². The van der Waals surface area contributed by atoms with Gasteiger partial charge in [-0.2, -0.15) is 0 Å². The fourth-order valence-electron chi connectivity index (χ4n) is 1.21. The first-order valence-electron chi connectivity index (χ1n) is 4.80. The molecule has 16 heavy (non-hydrogen) atoms. The summed E-state index contributed by atoms with van der Waals surface area (Å²) < 4.78 is 4.61. The highest BCUT2D eigenvalue weighted by Crippen LogP contribution is 2.15. The first-order valence-corrected chi connectivity index (χ1v) is 4.80. The maximum absolute atomic E-state index is 11.4. The summed E-state index contributed by atoms with van der Waals surface area (Å²) in [6, 6.07) is 6.68. The number of ether oxygens (including phenoxy) is 1. The topological polar surface area (TPSA) is 55.4 Å². The van der Waals surface area contributed by atoms with Gasteiger partial charge in [0.1, 0.15) is 0 Å². The van der Waals surface area contributed by atoms with Crippen LogP contribution < -0.4 is 5.32 Å². The van der Waals surface area contributed by atoms with Crippen LogP contribution in [0.25, 0.3) is 0 Å². The lowest BCUT2D eigenvalue weighted by Gasteiger charge is -2.07. The summed E-state index contributed by atoms with van der Waals surface area (Å²) in [7, 11) is 1.30. The monoisotopic (exact) mass is 219 g/mol. The average molecular weight is 219 g/mol. The quantitative estimate of drug-likeness (QED) is 0.624. The fraction of sp³-hybridized carbons (Fsp3) is 0.167. The van der Waals surface area contributed by atoms with Crippen molar-refractivity contribution in [3.05, 3.63) is 42.0 Å². The molecule has 0 bridgehead atoms. The van der Waals surface area contributed by atoms with Gasteiger partial charge in [-0.15, -0.1) is 0 Å². The van der Waals surface area contributed by atoms with Gasteiger partial charge in [0, 0.05) is 0 Å². The predicted octanol–water partition coefficient (Wildman–Crippen LogP) is 1.99. The molecule has 0 aliphatic rings. The van der Waals surface area contributed by atoms with Crippen molar-refractivity contribution >= 4 is 17.6 Å². The number of nitrogens with one attached hydrogen (secondary N) is 1. The van der Waals surface area contributed by atoms with Crippen LogP contribution >= 0.6 is 0 Å². The molecule has 0 aliphatic heterocycles. The zero-order valence-corrected chi connectivity index (χ0v) is 9.19. The standard InChI is InChI=1S/C12H13NO3/c1-3-6-11(14)13-10-8-5-4-7-9(10)12(15)16-2/h3-8H,1-2H3,(H,13,14)/b6-3-. The normalized spacial score (nSPS) is 10.1. The summed E-state index contributed by atoms with van der Waals surface area (Å²) >= 11 is 0. The zero-order chi connectivity index (χ0) is 12.0. The lowest BCUT2D eigenvalue weighted by molar-refractivity contribution is -0.111. The van der Waals surface area contributed by atoms with E-state index in [-0.39, 0.29) is 5.91 Å². The van der Waals surface area contributed by atoms with Crippen LogP contribution in [0, 0.1) is 0 Å². The highest BCUT2D eigenvalue weighted by atomic mass is 16.5. The highest BCUT2D eigenvalue weighted by Gasteiger charge is 2.11. The number of methoxy groups -OCH3 is 1. The smallest absolute Gasteiger partial charge is 0.339 e. The molecule has 0 fully saturated rings. The van der Waals surface area contributed by atoms with Gasteiger partial charge in [-0.1, -0.05) is 18.2 Å². The van der Waals surface area contributed by atoms with Crippen LogP contribution in [0.5, 0.6) is 0 Å². The number of esters is 1. The van der Waals surface area contributed by atoms with Crippen LogP contribution in [0.4, 0.5) is 5.69 Å². The molecule has 0 atom stereocenters. The van der Waals surface area contributed by atoms with E-state index < -0.39 is 5.97 Å². The summed E-state index contributed by atoms with van der Waals surface area (Å²) in [6.07, 6.45) is 3.00. The van der Waals surface area contributed by atoms with E-state index in [4.69, 9.17) is 0 Å². The molecule has 4 heteroatoms. The Bertz CT molecular complexity index is 424. The van der Waals surface area contributed by atoms with E-state index in [1.54, 1.807) is 37.3 Å². The Balaban J connectivity index is 2.95. The molecule has 1 rings (SSSR count). The van der Waals surface area contributed by atoms with Gasteiger partial charge < -0.3 is 10.1 Å². The van der Waals surface area contributed by atoms with E-state index in [1.165, 1.54) is 13.2 Å². The molecule has 0 unspecified atom stereocenters. The number of anilines is 1. The van der Waals surface area contributed by atoms with Crippen LogP contribution in [0.2, 0.25) is 0 Å². The van der Waals surface area contributed by atoms with Crippen LogP contribution in [0.3, 0.4) is 0 Å². The Morgan fingerprint density at radius 1 is 1.31 bits per heavy atom. The van der Waals surface area contributed by atoms with Crippen molar-refractivity contribution < 1.29 is 14.3 Å². The Hall–Kier alpha value is -2.10. The molecule has 0 heterocycles. The van der Waals surface area contributed by atoms with Gasteiger partial charge in [0.15, 0.2) is 0 Å². The zero-order valence-electron chi connectivity index (χ0n) is 9.19. The molecular formula is C12H13NO3. The van der Waals surface area contributed by atoms with E-state index >= 15 is 0 Å². The molecule has 4 nitrogen and oxygen atoms in total. The molecule has 0 aromatic heterocycles. The second-order valence-corrected chi connectivity index (χ2v) is 3.03. The molecule has 0 spiro atoms. The van der Waals surface area contributed by atoms with Crippen molar-refractivity contribution in [3.63, 3.8) is 0 Å². The van der Waals surface area contributed by atoms with Gasteiger partial charge in [0.25, 0.3) is 0 Å². The van der Waals surface area contributed by atoms with Gasteiger partial charge in [-0.3, -0.25) is 4.79 Å². The molecule has 1 N–H and O–H groups in total. The van der Waals surface area contributed by atoms with Crippen LogP contribution in [-0.2, 0) is 9.53 Å². The van der Waals surface area contributed by atoms with Crippen molar-refractivity contribution in [3.8, 4) is 0 Å². The van der Waals surface area contributed by atoms with E-state index in [9.17, 15) is 9.59 Å². The highest BCUT2D eigenvalue weighted by molar-refractivity contribution is 6.04. The van der Waals surface area contributed by atoms with Crippen LogP contribution in [-0.4, -0.2) is 19.0 Å². The maximum Gasteiger partial charge on any atom is 0.339 e. The molecule has 0 aliphatic carbocycles. The molecule has 1 amide bonds. The number of hydrogen-bond acceptors (Lipinski definition) is 3. The summed E-state index contributed by atoms with van der Waals surface area (Å²) in [5, 5.41) is 2.60. The second-order valence-electron chi connectivity index (χ2n) is 3.03. The lowest BCUT2D eigenvalue weighted by Crippen LogP contribution is -2.12. The minimum Gasteiger partial charge on any atom is -0.465 e. The van der Waals surface area contributed by atoms with E-state index in [1.807, 2.05) is 0 Å². The first-order chi connectivity index (χ1) is 7.69. The Labute approximate surface area is 93.9 Å². The number of benzene rings is 1. The fourth-order valence-corrected chi connectivity index (χ4v) is 1.21. The van der Waals surface area contributed by atoms with E-state index in [0.717, 1.165) is 0 Å². The summed E-state index contributed by atoms with van der Waals surface area (Å²) in [5.74, 6) is -0.754. The molecule has 84 valence electrons. The molecule has 0 saturated heterocycles. The summed E-state index contributed by atoms with van der Waals surface area (Å²) in [4.78, 5) is 22.7. The second kappa shape index (κ2) is 5.70. The predicted molar refractivity (Wildman–Crippen MR) is 61.2 cm³/mol. The van der Waals surface area contributed by atoms with Crippen molar-refractivity contribution in [2.45, 2.75) is 6.92 Å². The van der Waals surface area contributed by atoms with E-state index in [0.29, 0.717) is 11.3 Å². The number of para-hydroxylation sites is 1. The minimum absolute atomic E-state index is 0.279. The lowest BCUT2D eigenvalue weighted by atomic mass is 10.2. The van der Waals surface area contributed by atoms with Crippen molar-refractivity contribution in [2.75, 3.05) is 12.4 Å². The molecule has 1 aromatic rings. The maximum atomic E-state index is 11.4. The van der Waals surface area contributed by atoms with Gasteiger partial charge >= 0.3 is 5.97 Å². The SMILES string of the molecule is C/C=C\C(=O)Nc1ccccc1C(=O)OC. The first kappa shape index (κ1) is 12.0. The average Bonchev–Trinajstić information content (AvgIpc) is 2.29. The third-order valence-electron chi connectivity index (χ3n) is 1.91. The van der Waals surface area contributed by atoms with Crippen LogP contribution in [0.15, 0.2) is 36.4 Å². The van der Waals surface area contributed by atoms with Crippen molar-refractivity contribution in [1.82, 2.24) is 0 Å². The Kier molecular flexibility index (Phi) is 4.27. The number of hydrogen-bond donors (Lipinski definition) is 1. The number of carbonyl (C=O) groups is 2. The van der Waals surface area contributed by atoms with Gasteiger partial charge in [-0.25, -0.2) is 4.79 Å². The third kappa shape index (κ3) is 2.95. The Morgan fingerprint density at radius 2 is 2.00 bits per heavy atom. The van der Waals surface area contributed by atoms with Crippen LogP contribution in [0.1, 0.15) is 17.3 Å². The van der Waals surface area contributed by atoms with E-state index in [2.05, 4.69) is 10.1 Å². The minimum atomic E-state index is -0.476. The molecule has 0 saturated carbocycles. The number of carbonyl (C=O) groups excluding carboxylic acids is 2. The van der Waals surface area contributed by atoms with Crippen molar-refractivity contribution in [1.29, 1.82) is 0 Å². The number of rotatable bonds is 3. The van der Waals surface area contributed by atoms with Crippen molar-refractivity contribution in [2.24, 2.45) is 0 Å². The molecule has 1 aromatic carbocycles. The molecular weight excluding hydrogens is 206 g/mol. The van der Waals surface area contributed by atoms with Gasteiger partial charge in [-0.05, 0) is 25.1 Å². The molecule has 0 radical (unpaired) electrons. The third-order valence-corrected chi connectivity index (χ3v) is 1.91. The van der Waals surface area contributed by atoms with Gasteiger partial charge in [0.05, 0.1) is 18.4 Å². The summed E-state index contributed by atoms with van der Waals surface area (Å²) in [5.41, 5.74) is 0.778.